The number of hydrogen-bond acceptors (Lipinski definition) is 4. The summed E-state index contributed by atoms with van der Waals surface area (Å²) < 4.78 is 21.4. The van der Waals surface area contributed by atoms with Crippen LogP contribution < -0.4 is 4.74 Å². The van der Waals surface area contributed by atoms with Crippen molar-refractivity contribution >= 4 is 33.2 Å². The van der Waals surface area contributed by atoms with Gasteiger partial charge in [0.05, 0.1) is 18.1 Å². The van der Waals surface area contributed by atoms with E-state index in [-0.39, 0.29) is 0 Å². The number of rotatable bonds is 5. The summed E-state index contributed by atoms with van der Waals surface area (Å²) >= 11 is -1.57. The zero-order chi connectivity index (χ0) is 25.4. The highest BCUT2D eigenvalue weighted by Gasteiger charge is 2.29. The number of nitrogens with zero attached hydrogens (tertiary/aromatic N) is 3. The third-order valence-corrected chi connectivity index (χ3v) is 7.79. The van der Waals surface area contributed by atoms with Gasteiger partial charge < -0.3 is 9.29 Å². The molecule has 6 heteroatoms. The molecular formula is C31H21N3O2S. The number of ether oxygens (including phenoxy) is 1. The van der Waals surface area contributed by atoms with Gasteiger partial charge in [-0.3, -0.25) is 0 Å². The van der Waals surface area contributed by atoms with Crippen LogP contribution in [0.5, 0.6) is 5.75 Å². The first kappa shape index (κ1) is 22.9. The van der Waals surface area contributed by atoms with Crippen molar-refractivity contribution in [2.24, 2.45) is 0 Å². The first-order valence-corrected chi connectivity index (χ1v) is 12.9. The zero-order valence-corrected chi connectivity index (χ0v) is 20.8. The average Bonchev–Trinajstić information content (AvgIpc) is 3.31. The summed E-state index contributed by atoms with van der Waals surface area (Å²) in [5.74, 6) is 0.697. The van der Waals surface area contributed by atoms with E-state index in [4.69, 9.17) is 4.74 Å². The molecule has 6 rings (SSSR count). The number of aromatic nitrogens is 2. The molecule has 2 aromatic heterocycles. The van der Waals surface area contributed by atoms with Crippen molar-refractivity contribution < 1.29 is 9.29 Å². The topological polar surface area (TPSA) is 73.9 Å². The van der Waals surface area contributed by atoms with Gasteiger partial charge in [0.25, 0.3) is 0 Å². The highest BCUT2D eigenvalue weighted by atomic mass is 32.2. The Balaban J connectivity index is 1.72. The van der Waals surface area contributed by atoms with Crippen LogP contribution in [0.4, 0.5) is 0 Å². The number of pyridine rings is 1. The maximum absolute atomic E-state index is 14.2. The minimum atomic E-state index is -1.57. The molecule has 0 N–H and O–H groups in total. The zero-order valence-electron chi connectivity index (χ0n) is 20.0. The van der Waals surface area contributed by atoms with Gasteiger partial charge in [0, 0.05) is 27.5 Å². The predicted octanol–water partition coefficient (Wildman–Crippen LogP) is 6.97. The lowest BCUT2D eigenvalue weighted by Gasteiger charge is -2.16. The van der Waals surface area contributed by atoms with Crippen molar-refractivity contribution in [2.45, 2.75) is 4.90 Å². The molecule has 0 saturated carbocycles. The van der Waals surface area contributed by atoms with Crippen molar-refractivity contribution in [1.29, 1.82) is 5.26 Å². The van der Waals surface area contributed by atoms with Crippen molar-refractivity contribution in [2.75, 3.05) is 7.11 Å². The summed E-state index contributed by atoms with van der Waals surface area (Å²) in [6, 6.07) is 37.1. The molecule has 0 fully saturated rings. The summed E-state index contributed by atoms with van der Waals surface area (Å²) in [4.78, 5) is 5.32. The molecule has 1 unspecified atom stereocenters. The maximum Gasteiger partial charge on any atom is 0.180 e. The van der Waals surface area contributed by atoms with Gasteiger partial charge in [-0.15, -0.1) is 0 Å². The Labute approximate surface area is 217 Å². The van der Waals surface area contributed by atoms with Crippen LogP contribution in [-0.4, -0.2) is 20.6 Å². The average molecular weight is 500 g/mol. The van der Waals surface area contributed by atoms with Crippen LogP contribution in [0.3, 0.4) is 0 Å². The second-order valence-electron chi connectivity index (χ2n) is 8.51. The Hall–Kier alpha value is -4.57. The molecule has 0 bridgehead atoms. The van der Waals surface area contributed by atoms with Crippen LogP contribution in [-0.2, 0) is 11.4 Å². The molecule has 5 nitrogen and oxygen atoms in total. The Morgan fingerprint density at radius 3 is 2.32 bits per heavy atom. The van der Waals surface area contributed by atoms with Crippen LogP contribution in [0, 0.1) is 11.3 Å². The lowest BCUT2D eigenvalue weighted by molar-refractivity contribution is 0.414. The summed E-state index contributed by atoms with van der Waals surface area (Å²) in [6.07, 6.45) is 0. The van der Waals surface area contributed by atoms with Crippen LogP contribution in [0.15, 0.2) is 114 Å². The van der Waals surface area contributed by atoms with E-state index in [1.54, 1.807) is 7.11 Å². The quantitative estimate of drug-likeness (QED) is 0.240. The molecule has 2 heterocycles. The van der Waals surface area contributed by atoms with Crippen molar-refractivity contribution in [1.82, 2.24) is 8.96 Å². The van der Waals surface area contributed by atoms with Crippen LogP contribution in [0.2, 0.25) is 0 Å². The third kappa shape index (κ3) is 3.91. The second-order valence-corrected chi connectivity index (χ2v) is 9.85. The Kier molecular flexibility index (Phi) is 5.85. The number of fused-ring (bicyclic) bond motifs is 2. The van der Waals surface area contributed by atoms with E-state index in [0.29, 0.717) is 21.9 Å². The fourth-order valence-corrected chi connectivity index (χ4v) is 5.98. The van der Waals surface area contributed by atoms with Gasteiger partial charge in [0.1, 0.15) is 34.6 Å². The largest absolute Gasteiger partial charge is 0.587 e. The highest BCUT2D eigenvalue weighted by Crippen LogP contribution is 2.44. The molecule has 0 aliphatic heterocycles. The van der Waals surface area contributed by atoms with Gasteiger partial charge >= 0.3 is 0 Å². The molecule has 0 radical (unpaired) electrons. The Morgan fingerprint density at radius 2 is 1.57 bits per heavy atom. The summed E-state index contributed by atoms with van der Waals surface area (Å²) in [6.45, 7) is 0. The first-order chi connectivity index (χ1) is 18.2. The summed E-state index contributed by atoms with van der Waals surface area (Å²) in [5.41, 5.74) is 5.10. The Bertz CT molecular complexity index is 1790. The molecule has 6 aromatic rings. The minimum absolute atomic E-state index is 0.328. The van der Waals surface area contributed by atoms with E-state index < -0.39 is 11.4 Å². The highest BCUT2D eigenvalue weighted by molar-refractivity contribution is 7.90. The van der Waals surface area contributed by atoms with Crippen molar-refractivity contribution in [3.63, 3.8) is 0 Å². The standard InChI is InChI=1S/C31H21N3O2S/c1-36-23-15-17-24(18-16-23)37(35)34-29-14-8-6-12-25(29)30(31(34)21-9-3-2-4-10-21)26-19-22-11-5-7-13-27(22)33-28(26)20-32/h2-19H,1H3. The van der Waals surface area contributed by atoms with Gasteiger partial charge in [-0.25, -0.2) is 4.98 Å². The van der Waals surface area contributed by atoms with Crippen LogP contribution in [0.25, 0.3) is 44.2 Å². The molecule has 0 aliphatic carbocycles. The smallest absolute Gasteiger partial charge is 0.180 e. The van der Waals surface area contributed by atoms with Gasteiger partial charge in [0.15, 0.2) is 4.90 Å². The molecule has 0 spiro atoms. The van der Waals surface area contributed by atoms with Gasteiger partial charge in [-0.05, 0) is 42.5 Å². The molecule has 178 valence electrons. The molecule has 1 atom stereocenters. The van der Waals surface area contributed by atoms with Gasteiger partial charge in [-0.2, -0.15) is 9.23 Å². The lowest BCUT2D eigenvalue weighted by atomic mass is 9.96. The van der Waals surface area contributed by atoms with Crippen molar-refractivity contribution in [3.05, 3.63) is 115 Å². The molecule has 0 saturated heterocycles. The minimum Gasteiger partial charge on any atom is -0.587 e. The Morgan fingerprint density at radius 1 is 0.865 bits per heavy atom. The fraction of sp³-hybridized carbons (Fsp3) is 0.0323. The first-order valence-electron chi connectivity index (χ1n) is 11.7. The fourth-order valence-electron chi connectivity index (χ4n) is 4.70. The second kappa shape index (κ2) is 9.47. The third-order valence-electron chi connectivity index (χ3n) is 6.41. The maximum atomic E-state index is 14.2. The van der Waals surface area contributed by atoms with E-state index in [1.807, 2.05) is 113 Å². The van der Waals surface area contributed by atoms with E-state index in [0.717, 1.165) is 38.6 Å². The van der Waals surface area contributed by atoms with Crippen molar-refractivity contribution in [3.8, 4) is 34.2 Å². The lowest BCUT2D eigenvalue weighted by Crippen LogP contribution is -2.14. The summed E-state index contributed by atoms with van der Waals surface area (Å²) in [7, 11) is 1.61. The molecule has 0 aliphatic rings. The number of nitriles is 1. The molecule has 37 heavy (non-hydrogen) atoms. The van der Waals surface area contributed by atoms with Gasteiger partial charge in [-0.1, -0.05) is 66.7 Å². The predicted molar refractivity (Wildman–Crippen MR) is 148 cm³/mol. The molecular weight excluding hydrogens is 478 g/mol. The molecule has 0 amide bonds. The SMILES string of the molecule is COc1ccc([S+]([O-])n2c(-c3ccccc3)c(-c3cc4ccccc4nc3C#N)c3ccccc32)cc1. The van der Waals surface area contributed by atoms with Gasteiger partial charge in [0.2, 0.25) is 0 Å². The normalized spacial score (nSPS) is 11.9. The number of methoxy groups -OCH3 is 1. The number of para-hydroxylation sites is 2. The van der Waals surface area contributed by atoms with Crippen LogP contribution >= 0.6 is 0 Å². The van der Waals surface area contributed by atoms with E-state index in [2.05, 4.69) is 11.1 Å². The summed E-state index contributed by atoms with van der Waals surface area (Å²) in [5, 5.41) is 12.0. The number of hydrogen-bond donors (Lipinski definition) is 0. The van der Waals surface area contributed by atoms with E-state index >= 15 is 0 Å². The molecule has 4 aromatic carbocycles. The monoisotopic (exact) mass is 499 g/mol. The van der Waals surface area contributed by atoms with Crippen LogP contribution in [0.1, 0.15) is 5.69 Å². The van der Waals surface area contributed by atoms with E-state index in [1.165, 1.54) is 0 Å². The number of benzene rings is 4. The van der Waals surface area contributed by atoms with E-state index in [9.17, 15) is 9.81 Å².